The quantitative estimate of drug-likeness (QED) is 0.175. The van der Waals surface area contributed by atoms with Crippen LogP contribution in [0.3, 0.4) is 0 Å². The first-order chi connectivity index (χ1) is 22.4. The summed E-state index contributed by atoms with van der Waals surface area (Å²) in [5, 5.41) is 1.51. The molecule has 225 valence electrons. The van der Waals surface area contributed by atoms with Crippen molar-refractivity contribution in [2.45, 2.75) is 46.2 Å². The summed E-state index contributed by atoms with van der Waals surface area (Å²) >= 11 is 0. The van der Waals surface area contributed by atoms with Gasteiger partial charge in [0.15, 0.2) is 0 Å². The second-order valence-electron chi connectivity index (χ2n) is 12.9. The molecular formula is C43H37O2Si. The molecule has 46 heavy (non-hydrogen) atoms. The van der Waals surface area contributed by atoms with Crippen LogP contribution in [-0.2, 0) is 6.42 Å². The number of fused-ring (bicyclic) bond motifs is 2. The molecule has 3 heteroatoms. The van der Waals surface area contributed by atoms with E-state index in [1.54, 1.807) is 0 Å². The minimum absolute atomic E-state index is 0.0225. The molecule has 8 rings (SSSR count). The molecule has 0 spiro atoms. The molecule has 6 aromatic rings. The maximum absolute atomic E-state index is 6.46. The Kier molecular flexibility index (Phi) is 6.95. The molecule has 0 saturated carbocycles. The van der Waals surface area contributed by atoms with E-state index in [2.05, 4.69) is 130 Å². The maximum atomic E-state index is 6.46. The smallest absolute Gasteiger partial charge is 0.131 e. The van der Waals surface area contributed by atoms with Crippen molar-refractivity contribution < 1.29 is 8.83 Å². The van der Waals surface area contributed by atoms with Crippen LogP contribution in [0.1, 0.15) is 56.6 Å². The van der Waals surface area contributed by atoms with Crippen molar-refractivity contribution in [1.29, 1.82) is 0 Å². The number of benzene rings is 4. The van der Waals surface area contributed by atoms with E-state index in [-0.39, 0.29) is 5.92 Å². The van der Waals surface area contributed by atoms with Crippen molar-refractivity contribution in [1.82, 2.24) is 0 Å². The van der Waals surface area contributed by atoms with Gasteiger partial charge in [-0.15, -0.1) is 0 Å². The molecule has 1 unspecified atom stereocenters. The van der Waals surface area contributed by atoms with Gasteiger partial charge in [-0.2, -0.15) is 0 Å². The minimum Gasteiger partial charge on any atom is -0.465 e. The Labute approximate surface area is 273 Å². The summed E-state index contributed by atoms with van der Waals surface area (Å²) in [4.78, 5) is 0. The van der Waals surface area contributed by atoms with Crippen LogP contribution < -0.4 is 5.19 Å². The van der Waals surface area contributed by atoms with E-state index >= 15 is 0 Å². The molecule has 2 heterocycles. The highest BCUT2D eigenvalue weighted by atomic mass is 28.3. The molecular weight excluding hydrogens is 577 g/mol. The van der Waals surface area contributed by atoms with Crippen LogP contribution in [0.5, 0.6) is 0 Å². The summed E-state index contributed by atoms with van der Waals surface area (Å²) in [5.41, 5.74) is 17.0. The predicted molar refractivity (Wildman–Crippen MR) is 194 cm³/mol. The SMILES string of the molecule is Cc1ccc(C2=Cc3c(ccc(C)c3-c3ccccc3)C2C2=C(c3ccco3)Cc3cc([Si](C)C)c(C)c(-c4ccccc4)c32)o1. The normalized spacial score (nSPS) is 15.4. The number of aryl methyl sites for hydroxylation is 2. The molecule has 1 radical (unpaired) electrons. The van der Waals surface area contributed by atoms with E-state index in [9.17, 15) is 0 Å². The lowest BCUT2D eigenvalue weighted by Gasteiger charge is -2.25. The largest absolute Gasteiger partial charge is 0.465 e. The topological polar surface area (TPSA) is 26.3 Å². The van der Waals surface area contributed by atoms with Gasteiger partial charge in [0.25, 0.3) is 0 Å². The molecule has 2 nitrogen and oxygen atoms in total. The van der Waals surface area contributed by atoms with Gasteiger partial charge in [-0.1, -0.05) is 97.1 Å². The maximum Gasteiger partial charge on any atom is 0.131 e. The van der Waals surface area contributed by atoms with Crippen molar-refractivity contribution in [3.05, 3.63) is 160 Å². The fourth-order valence-electron chi connectivity index (χ4n) is 7.85. The molecule has 0 saturated heterocycles. The third kappa shape index (κ3) is 4.53. The first-order valence-corrected chi connectivity index (χ1v) is 18.7. The second-order valence-corrected chi connectivity index (χ2v) is 15.5. The van der Waals surface area contributed by atoms with Crippen LogP contribution in [-0.4, -0.2) is 8.80 Å². The third-order valence-electron chi connectivity index (χ3n) is 9.84. The van der Waals surface area contributed by atoms with Gasteiger partial charge in [0.1, 0.15) is 17.3 Å². The lowest BCUT2D eigenvalue weighted by atomic mass is 9.78. The highest BCUT2D eigenvalue weighted by Gasteiger charge is 2.40. The van der Waals surface area contributed by atoms with Gasteiger partial charge in [-0.05, 0) is 112 Å². The number of rotatable bonds is 6. The number of furan rings is 2. The van der Waals surface area contributed by atoms with Gasteiger partial charge in [-0.3, -0.25) is 0 Å². The van der Waals surface area contributed by atoms with Crippen molar-refractivity contribution in [3.63, 3.8) is 0 Å². The van der Waals surface area contributed by atoms with Crippen molar-refractivity contribution in [3.8, 4) is 22.3 Å². The lowest BCUT2D eigenvalue weighted by molar-refractivity contribution is 0.520. The van der Waals surface area contributed by atoms with Gasteiger partial charge in [0, 0.05) is 23.5 Å². The molecule has 4 aromatic carbocycles. The van der Waals surface area contributed by atoms with Crippen LogP contribution in [0, 0.1) is 20.8 Å². The van der Waals surface area contributed by atoms with E-state index in [1.807, 2.05) is 19.3 Å². The third-order valence-corrected chi connectivity index (χ3v) is 11.4. The Morgan fingerprint density at radius 3 is 2.04 bits per heavy atom. The van der Waals surface area contributed by atoms with Crippen LogP contribution in [0.4, 0.5) is 0 Å². The molecule has 0 N–H and O–H groups in total. The molecule has 2 aliphatic rings. The summed E-state index contributed by atoms with van der Waals surface area (Å²) in [6.07, 6.45) is 5.05. The predicted octanol–water partition coefficient (Wildman–Crippen LogP) is 10.9. The number of allylic oxidation sites excluding steroid dienone is 3. The molecule has 2 aromatic heterocycles. The van der Waals surface area contributed by atoms with Gasteiger partial charge in [-0.25, -0.2) is 0 Å². The van der Waals surface area contributed by atoms with Gasteiger partial charge >= 0.3 is 0 Å². The summed E-state index contributed by atoms with van der Waals surface area (Å²) < 4.78 is 12.7. The van der Waals surface area contributed by atoms with Crippen molar-refractivity contribution >= 4 is 36.8 Å². The Morgan fingerprint density at radius 2 is 1.41 bits per heavy atom. The molecule has 1 atom stereocenters. The zero-order valence-corrected chi connectivity index (χ0v) is 28.1. The van der Waals surface area contributed by atoms with Crippen molar-refractivity contribution in [2.24, 2.45) is 0 Å². The highest BCUT2D eigenvalue weighted by Crippen LogP contribution is 2.58. The number of hydrogen-bond donors (Lipinski definition) is 0. The van der Waals surface area contributed by atoms with E-state index in [0.717, 1.165) is 23.7 Å². The van der Waals surface area contributed by atoms with Gasteiger partial charge in [0.2, 0.25) is 0 Å². The summed E-state index contributed by atoms with van der Waals surface area (Å²) in [6.45, 7) is 11.4. The van der Waals surface area contributed by atoms with Crippen LogP contribution >= 0.6 is 0 Å². The Balaban J connectivity index is 1.48. The van der Waals surface area contributed by atoms with E-state index in [1.165, 1.54) is 77.5 Å². The van der Waals surface area contributed by atoms with Crippen LogP contribution in [0.15, 0.2) is 118 Å². The van der Waals surface area contributed by atoms with E-state index in [4.69, 9.17) is 8.83 Å². The van der Waals surface area contributed by atoms with Crippen LogP contribution in [0.25, 0.3) is 45.0 Å². The minimum atomic E-state index is -0.706. The number of hydrogen-bond acceptors (Lipinski definition) is 2. The standard InChI is InChI=1S/C43H37O2Si/c1-26-18-20-32-33(39(26)29-13-8-6-9-14-29)25-35(37-21-19-27(2)45-37)42(32)43-34(36-17-12-22-44-36)23-31-24-38(46(4)5)28(3)40(41(31)43)30-15-10-7-11-16-30/h6-22,24-25,42H,23H2,1-5H3. The Hall–Kier alpha value is -4.86. The fourth-order valence-corrected chi connectivity index (χ4v) is 9.19. The van der Waals surface area contributed by atoms with Crippen LogP contribution in [0.2, 0.25) is 13.1 Å². The van der Waals surface area contributed by atoms with Gasteiger partial charge in [0.05, 0.1) is 15.1 Å². The fraction of sp³-hybridized carbons (Fsp3) is 0.163. The highest BCUT2D eigenvalue weighted by molar-refractivity contribution is 6.71. The Bertz CT molecular complexity index is 2160. The monoisotopic (exact) mass is 613 g/mol. The Morgan fingerprint density at radius 1 is 0.696 bits per heavy atom. The first-order valence-electron chi connectivity index (χ1n) is 16.2. The molecule has 2 aliphatic carbocycles. The zero-order valence-electron chi connectivity index (χ0n) is 27.1. The lowest BCUT2D eigenvalue weighted by Crippen LogP contribution is -2.27. The van der Waals surface area contributed by atoms with Gasteiger partial charge < -0.3 is 8.83 Å². The zero-order chi connectivity index (χ0) is 31.5. The summed E-state index contributed by atoms with van der Waals surface area (Å²) in [7, 11) is -0.706. The summed E-state index contributed by atoms with van der Waals surface area (Å²) in [6, 6.07) is 37.4. The average Bonchev–Trinajstić information content (AvgIpc) is 3.87. The molecule has 0 amide bonds. The molecule has 0 bridgehead atoms. The average molecular weight is 614 g/mol. The summed E-state index contributed by atoms with van der Waals surface area (Å²) in [5.74, 6) is 2.77. The molecule has 0 fully saturated rings. The first kappa shape index (κ1) is 28.6. The van der Waals surface area contributed by atoms with E-state index < -0.39 is 8.80 Å². The molecule has 0 aliphatic heterocycles. The second kappa shape index (κ2) is 11.2. The van der Waals surface area contributed by atoms with E-state index in [0.29, 0.717) is 0 Å². The van der Waals surface area contributed by atoms with Crippen molar-refractivity contribution in [2.75, 3.05) is 0 Å².